The molecule has 0 saturated heterocycles. The number of likely N-dealkylation sites (N-methyl/N-ethyl adjacent to an activating group) is 1. The Morgan fingerprint density at radius 1 is 1.19 bits per heavy atom. The van der Waals surface area contributed by atoms with Crippen molar-refractivity contribution in [2.45, 2.75) is 77.9 Å². The maximum atomic E-state index is 12.1. The highest BCUT2D eigenvalue weighted by Crippen LogP contribution is 2.22. The molecule has 0 aromatic rings. The molecule has 1 unspecified atom stereocenters. The van der Waals surface area contributed by atoms with Crippen LogP contribution in [0.15, 0.2) is 0 Å². The molecule has 0 spiro atoms. The predicted molar refractivity (Wildman–Crippen MR) is 89.4 cm³/mol. The zero-order chi connectivity index (χ0) is 15.8. The Morgan fingerprint density at radius 3 is 2.33 bits per heavy atom. The summed E-state index contributed by atoms with van der Waals surface area (Å²) in [5.41, 5.74) is 0. The topological polar surface area (TPSA) is 44.4 Å². The molecule has 1 fully saturated rings. The molecule has 1 atom stereocenters. The van der Waals surface area contributed by atoms with Crippen LogP contribution in [0.25, 0.3) is 0 Å². The number of hydrogen-bond donors (Lipinski definition) is 2. The Bertz CT molecular complexity index is 298. The lowest BCUT2D eigenvalue weighted by Gasteiger charge is -2.35. The van der Waals surface area contributed by atoms with Crippen LogP contribution in [0.4, 0.5) is 0 Å². The summed E-state index contributed by atoms with van der Waals surface area (Å²) in [5.74, 6) is 0.643. The fourth-order valence-corrected chi connectivity index (χ4v) is 2.89. The van der Waals surface area contributed by atoms with Crippen LogP contribution in [0, 0.1) is 5.92 Å². The summed E-state index contributed by atoms with van der Waals surface area (Å²) in [7, 11) is 2.09. The highest BCUT2D eigenvalue weighted by Gasteiger charge is 2.24. The smallest absolute Gasteiger partial charge is 0.234 e. The van der Waals surface area contributed by atoms with Crippen LogP contribution in [0.2, 0.25) is 0 Å². The van der Waals surface area contributed by atoms with Gasteiger partial charge in [0.05, 0.1) is 6.54 Å². The molecule has 0 aromatic heterocycles. The van der Waals surface area contributed by atoms with E-state index < -0.39 is 0 Å². The van der Waals surface area contributed by atoms with E-state index in [1.54, 1.807) is 0 Å². The van der Waals surface area contributed by atoms with Crippen molar-refractivity contribution in [2.24, 2.45) is 5.92 Å². The van der Waals surface area contributed by atoms with Gasteiger partial charge >= 0.3 is 0 Å². The van der Waals surface area contributed by atoms with Gasteiger partial charge in [0.15, 0.2) is 0 Å². The zero-order valence-corrected chi connectivity index (χ0v) is 14.6. The Labute approximate surface area is 131 Å². The lowest BCUT2D eigenvalue weighted by molar-refractivity contribution is -0.123. The van der Waals surface area contributed by atoms with Crippen LogP contribution in [0.1, 0.15) is 59.8 Å². The Balaban J connectivity index is 2.27. The van der Waals surface area contributed by atoms with E-state index in [-0.39, 0.29) is 11.9 Å². The largest absolute Gasteiger partial charge is 0.352 e. The summed E-state index contributed by atoms with van der Waals surface area (Å²) in [6, 6.07) is 1.49. The highest BCUT2D eigenvalue weighted by molar-refractivity contribution is 5.78. The second-order valence-electron chi connectivity index (χ2n) is 6.97. The SMILES string of the molecule is CCCNC1CCC(N(C)CC(=O)NC(C)C(C)C)CC1. The van der Waals surface area contributed by atoms with Crippen molar-refractivity contribution in [2.75, 3.05) is 20.1 Å². The van der Waals surface area contributed by atoms with Crippen LogP contribution in [-0.2, 0) is 4.79 Å². The van der Waals surface area contributed by atoms with E-state index in [1.807, 2.05) is 0 Å². The molecule has 0 heterocycles. The van der Waals surface area contributed by atoms with E-state index in [9.17, 15) is 4.79 Å². The number of nitrogens with one attached hydrogen (secondary N) is 2. The van der Waals surface area contributed by atoms with Gasteiger partial charge in [-0.05, 0) is 58.5 Å². The van der Waals surface area contributed by atoms with Gasteiger partial charge in [-0.2, -0.15) is 0 Å². The Morgan fingerprint density at radius 2 is 1.81 bits per heavy atom. The van der Waals surface area contributed by atoms with Crippen LogP contribution in [-0.4, -0.2) is 49.1 Å². The van der Waals surface area contributed by atoms with Gasteiger partial charge in [-0.1, -0.05) is 20.8 Å². The molecule has 1 aliphatic carbocycles. The van der Waals surface area contributed by atoms with E-state index in [0.29, 0.717) is 24.5 Å². The van der Waals surface area contributed by atoms with Crippen molar-refractivity contribution in [1.29, 1.82) is 0 Å². The van der Waals surface area contributed by atoms with Gasteiger partial charge in [-0.3, -0.25) is 9.69 Å². The number of hydrogen-bond acceptors (Lipinski definition) is 3. The number of carbonyl (C=O) groups is 1. The van der Waals surface area contributed by atoms with E-state index >= 15 is 0 Å². The van der Waals surface area contributed by atoms with Crippen LogP contribution in [0.5, 0.6) is 0 Å². The van der Waals surface area contributed by atoms with Crippen LogP contribution in [0.3, 0.4) is 0 Å². The van der Waals surface area contributed by atoms with Crippen molar-refractivity contribution < 1.29 is 4.79 Å². The van der Waals surface area contributed by atoms with E-state index in [2.05, 4.69) is 50.3 Å². The molecule has 1 amide bonds. The molecule has 0 radical (unpaired) electrons. The lowest BCUT2D eigenvalue weighted by Crippen LogP contribution is -2.46. The molecule has 2 N–H and O–H groups in total. The summed E-state index contributed by atoms with van der Waals surface area (Å²) in [5, 5.41) is 6.71. The predicted octanol–water partition coefficient (Wildman–Crippen LogP) is 2.39. The van der Waals surface area contributed by atoms with Crippen molar-refractivity contribution in [3.63, 3.8) is 0 Å². The fourth-order valence-electron chi connectivity index (χ4n) is 2.89. The van der Waals surface area contributed by atoms with Crippen molar-refractivity contribution >= 4 is 5.91 Å². The minimum absolute atomic E-state index is 0.157. The summed E-state index contributed by atoms with van der Waals surface area (Å²) in [6.07, 6.45) is 6.07. The van der Waals surface area contributed by atoms with Crippen molar-refractivity contribution in [3.05, 3.63) is 0 Å². The molecule has 21 heavy (non-hydrogen) atoms. The summed E-state index contributed by atoms with van der Waals surface area (Å²) >= 11 is 0. The molecular weight excluding hydrogens is 262 g/mol. The molecular formula is C17H35N3O. The van der Waals surface area contributed by atoms with Crippen molar-refractivity contribution in [1.82, 2.24) is 15.5 Å². The number of rotatable bonds is 8. The summed E-state index contributed by atoms with van der Waals surface area (Å²) < 4.78 is 0. The average Bonchev–Trinajstić information content (AvgIpc) is 2.45. The van der Waals surface area contributed by atoms with E-state index in [1.165, 1.54) is 32.1 Å². The molecule has 4 nitrogen and oxygen atoms in total. The first kappa shape index (κ1) is 18.4. The highest BCUT2D eigenvalue weighted by atomic mass is 16.2. The first-order valence-corrected chi connectivity index (χ1v) is 8.67. The third-order valence-electron chi connectivity index (χ3n) is 4.78. The Hall–Kier alpha value is -0.610. The van der Waals surface area contributed by atoms with E-state index in [4.69, 9.17) is 0 Å². The summed E-state index contributed by atoms with van der Waals surface area (Å²) in [4.78, 5) is 14.3. The molecule has 4 heteroatoms. The first-order chi connectivity index (χ1) is 9.93. The molecule has 0 aliphatic heterocycles. The average molecular weight is 297 g/mol. The monoisotopic (exact) mass is 297 g/mol. The molecule has 1 aliphatic rings. The van der Waals surface area contributed by atoms with Crippen molar-refractivity contribution in [3.8, 4) is 0 Å². The zero-order valence-electron chi connectivity index (χ0n) is 14.6. The van der Waals surface area contributed by atoms with Crippen LogP contribution >= 0.6 is 0 Å². The van der Waals surface area contributed by atoms with Gasteiger partial charge in [-0.25, -0.2) is 0 Å². The molecule has 1 rings (SSSR count). The maximum Gasteiger partial charge on any atom is 0.234 e. The number of carbonyl (C=O) groups excluding carboxylic acids is 1. The molecule has 124 valence electrons. The summed E-state index contributed by atoms with van der Waals surface area (Å²) in [6.45, 7) is 10.2. The minimum atomic E-state index is 0.157. The van der Waals surface area contributed by atoms with Gasteiger partial charge in [0.25, 0.3) is 0 Å². The quantitative estimate of drug-likeness (QED) is 0.723. The number of amides is 1. The van der Waals surface area contributed by atoms with Gasteiger partial charge in [0.2, 0.25) is 5.91 Å². The lowest BCUT2D eigenvalue weighted by atomic mass is 9.90. The molecule has 1 saturated carbocycles. The third-order valence-corrected chi connectivity index (χ3v) is 4.78. The van der Waals surface area contributed by atoms with Gasteiger partial charge in [-0.15, -0.1) is 0 Å². The number of nitrogens with zero attached hydrogens (tertiary/aromatic N) is 1. The van der Waals surface area contributed by atoms with Gasteiger partial charge in [0.1, 0.15) is 0 Å². The second kappa shape index (κ2) is 9.42. The Kier molecular flexibility index (Phi) is 8.27. The molecule has 0 aromatic carbocycles. The van der Waals surface area contributed by atoms with Gasteiger partial charge < -0.3 is 10.6 Å². The minimum Gasteiger partial charge on any atom is -0.352 e. The first-order valence-electron chi connectivity index (χ1n) is 8.67. The van der Waals surface area contributed by atoms with E-state index in [0.717, 1.165) is 6.54 Å². The standard InChI is InChI=1S/C17H35N3O/c1-6-11-18-15-7-9-16(10-8-15)20(5)12-17(21)19-14(4)13(2)3/h13-16,18H,6-12H2,1-5H3,(H,19,21). The maximum absolute atomic E-state index is 12.1. The third kappa shape index (κ3) is 6.79. The van der Waals surface area contributed by atoms with Gasteiger partial charge in [0, 0.05) is 18.1 Å². The second-order valence-corrected chi connectivity index (χ2v) is 6.97. The molecule has 0 bridgehead atoms. The van der Waals surface area contributed by atoms with Crippen LogP contribution < -0.4 is 10.6 Å². The fraction of sp³-hybridized carbons (Fsp3) is 0.941. The normalized spacial score (nSPS) is 24.3.